The zero-order chi connectivity index (χ0) is 17.0. The molecule has 1 amide bonds. The number of nitrogens with zero attached hydrogens (tertiary/aromatic N) is 2. The van der Waals surface area contributed by atoms with Crippen molar-refractivity contribution in [2.45, 2.75) is 18.7 Å². The first-order valence-corrected chi connectivity index (χ1v) is 9.02. The maximum Gasteiger partial charge on any atom is 0.257 e. The summed E-state index contributed by atoms with van der Waals surface area (Å²) in [5.74, 6) is -1.23. The van der Waals surface area contributed by atoms with Crippen LogP contribution >= 0.6 is 0 Å². The third-order valence-corrected chi connectivity index (χ3v) is 5.86. The molecule has 8 heteroatoms. The van der Waals surface area contributed by atoms with Crippen molar-refractivity contribution in [1.82, 2.24) is 9.21 Å². The molecular formula is C15H21FN2O4S. The lowest BCUT2D eigenvalue weighted by Crippen LogP contribution is -2.41. The third-order valence-electron chi connectivity index (χ3n) is 3.81. The highest BCUT2D eigenvalue weighted by Gasteiger charge is 2.26. The van der Waals surface area contributed by atoms with Gasteiger partial charge in [0.1, 0.15) is 5.82 Å². The molecule has 1 heterocycles. The van der Waals surface area contributed by atoms with Gasteiger partial charge in [0.15, 0.2) is 0 Å². The third kappa shape index (κ3) is 3.70. The molecule has 6 nitrogen and oxygen atoms in total. The van der Waals surface area contributed by atoms with Crippen LogP contribution in [0.1, 0.15) is 24.2 Å². The Morgan fingerprint density at radius 2 is 1.87 bits per heavy atom. The number of hydrogen-bond donors (Lipinski definition) is 0. The van der Waals surface area contributed by atoms with Crippen molar-refractivity contribution in [3.8, 4) is 0 Å². The molecule has 0 unspecified atom stereocenters. The summed E-state index contributed by atoms with van der Waals surface area (Å²) in [6.07, 6.45) is 0. The van der Waals surface area contributed by atoms with E-state index in [0.717, 1.165) is 12.1 Å². The fourth-order valence-electron chi connectivity index (χ4n) is 2.48. The van der Waals surface area contributed by atoms with Crippen LogP contribution in [0.4, 0.5) is 4.39 Å². The molecule has 1 aromatic rings. The van der Waals surface area contributed by atoms with Crippen LogP contribution in [-0.2, 0) is 14.8 Å². The lowest BCUT2D eigenvalue weighted by atomic mass is 10.2. The van der Waals surface area contributed by atoms with Gasteiger partial charge in [-0.05, 0) is 18.2 Å². The van der Waals surface area contributed by atoms with Crippen LogP contribution in [0.3, 0.4) is 0 Å². The summed E-state index contributed by atoms with van der Waals surface area (Å²) in [7, 11) is -3.73. The first-order valence-electron chi connectivity index (χ1n) is 7.58. The second-order valence-corrected chi connectivity index (χ2v) is 7.07. The molecule has 1 aromatic carbocycles. The lowest BCUT2D eigenvalue weighted by Gasteiger charge is -2.27. The van der Waals surface area contributed by atoms with Gasteiger partial charge < -0.3 is 9.64 Å². The van der Waals surface area contributed by atoms with E-state index in [0.29, 0.717) is 39.4 Å². The lowest BCUT2D eigenvalue weighted by molar-refractivity contribution is 0.0299. The molecule has 0 atom stereocenters. The molecule has 0 saturated carbocycles. The number of amides is 1. The van der Waals surface area contributed by atoms with Gasteiger partial charge in [-0.25, -0.2) is 12.8 Å². The highest BCUT2D eigenvalue weighted by atomic mass is 32.2. The number of sulfonamides is 1. The van der Waals surface area contributed by atoms with E-state index in [4.69, 9.17) is 4.74 Å². The topological polar surface area (TPSA) is 66.9 Å². The smallest absolute Gasteiger partial charge is 0.257 e. The van der Waals surface area contributed by atoms with Crippen LogP contribution in [0.2, 0.25) is 0 Å². The molecule has 0 N–H and O–H groups in total. The zero-order valence-corrected chi connectivity index (χ0v) is 14.1. The van der Waals surface area contributed by atoms with Gasteiger partial charge in [0, 0.05) is 26.2 Å². The van der Waals surface area contributed by atoms with E-state index in [9.17, 15) is 17.6 Å². The van der Waals surface area contributed by atoms with Gasteiger partial charge in [-0.15, -0.1) is 0 Å². The zero-order valence-electron chi connectivity index (χ0n) is 13.3. The normalized spacial score (nSPS) is 15.9. The number of halogens is 1. The Balaban J connectivity index is 2.37. The Morgan fingerprint density at radius 1 is 1.26 bits per heavy atom. The Morgan fingerprint density at radius 3 is 2.43 bits per heavy atom. The summed E-state index contributed by atoms with van der Waals surface area (Å²) in [6.45, 7) is 5.59. The molecule has 1 aliphatic rings. The number of rotatable bonds is 5. The fourth-order valence-corrected chi connectivity index (χ4v) is 3.96. The van der Waals surface area contributed by atoms with E-state index < -0.39 is 21.7 Å². The highest BCUT2D eigenvalue weighted by molar-refractivity contribution is 7.89. The number of carbonyl (C=O) groups is 1. The standard InChI is InChI=1S/C15H21FN2O4S/c1-3-18(4-2)23(20,21)12-5-6-14(16)13(11-12)15(19)17-7-9-22-10-8-17/h5-6,11H,3-4,7-10H2,1-2H3. The first kappa shape index (κ1) is 17.8. The van der Waals surface area contributed by atoms with Crippen molar-refractivity contribution in [3.05, 3.63) is 29.6 Å². The molecule has 0 aliphatic carbocycles. The van der Waals surface area contributed by atoms with Gasteiger partial charge in [0.2, 0.25) is 10.0 Å². The van der Waals surface area contributed by atoms with Gasteiger partial charge in [0.25, 0.3) is 5.91 Å². The van der Waals surface area contributed by atoms with Gasteiger partial charge in [-0.3, -0.25) is 4.79 Å². The predicted molar refractivity (Wildman–Crippen MR) is 83.2 cm³/mol. The number of benzene rings is 1. The van der Waals surface area contributed by atoms with Gasteiger partial charge in [0.05, 0.1) is 23.7 Å². The van der Waals surface area contributed by atoms with Crippen molar-refractivity contribution in [2.75, 3.05) is 39.4 Å². The van der Waals surface area contributed by atoms with E-state index in [2.05, 4.69) is 0 Å². The number of morpholine rings is 1. The molecule has 1 fully saturated rings. The van der Waals surface area contributed by atoms with Crippen LogP contribution in [0, 0.1) is 5.82 Å². The van der Waals surface area contributed by atoms with Crippen molar-refractivity contribution in [3.63, 3.8) is 0 Å². The summed E-state index contributed by atoms with van der Waals surface area (Å²) < 4.78 is 45.5. The summed E-state index contributed by atoms with van der Waals surface area (Å²) in [5.41, 5.74) is -0.222. The maximum absolute atomic E-state index is 14.0. The predicted octanol–water partition coefficient (Wildman–Crippen LogP) is 1.33. The average molecular weight is 344 g/mol. The second-order valence-electron chi connectivity index (χ2n) is 5.14. The van der Waals surface area contributed by atoms with E-state index in [1.807, 2.05) is 0 Å². The van der Waals surface area contributed by atoms with Crippen molar-refractivity contribution in [1.29, 1.82) is 0 Å². The summed E-state index contributed by atoms with van der Waals surface area (Å²) in [6, 6.07) is 3.35. The van der Waals surface area contributed by atoms with E-state index in [1.54, 1.807) is 13.8 Å². The van der Waals surface area contributed by atoms with Gasteiger partial charge in [-0.2, -0.15) is 4.31 Å². The number of hydrogen-bond acceptors (Lipinski definition) is 4. The minimum absolute atomic E-state index is 0.0702. The Bertz CT molecular complexity index is 668. The summed E-state index contributed by atoms with van der Waals surface area (Å²) in [4.78, 5) is 13.8. The van der Waals surface area contributed by atoms with E-state index in [1.165, 1.54) is 15.3 Å². The van der Waals surface area contributed by atoms with Crippen molar-refractivity contribution < 1.29 is 22.3 Å². The highest BCUT2D eigenvalue weighted by Crippen LogP contribution is 2.20. The average Bonchev–Trinajstić information content (AvgIpc) is 2.56. The largest absolute Gasteiger partial charge is 0.378 e. The van der Waals surface area contributed by atoms with Crippen LogP contribution in [-0.4, -0.2) is 62.9 Å². The SMILES string of the molecule is CCN(CC)S(=O)(=O)c1ccc(F)c(C(=O)N2CCOCC2)c1. The molecule has 128 valence electrons. The monoisotopic (exact) mass is 344 g/mol. The molecule has 1 aliphatic heterocycles. The van der Waals surface area contributed by atoms with Gasteiger partial charge >= 0.3 is 0 Å². The van der Waals surface area contributed by atoms with Crippen molar-refractivity contribution >= 4 is 15.9 Å². The van der Waals surface area contributed by atoms with Crippen LogP contribution in [0.15, 0.2) is 23.1 Å². The fraction of sp³-hybridized carbons (Fsp3) is 0.533. The quantitative estimate of drug-likeness (QED) is 0.808. The molecule has 1 saturated heterocycles. The van der Waals surface area contributed by atoms with Crippen LogP contribution < -0.4 is 0 Å². The summed E-state index contributed by atoms with van der Waals surface area (Å²) in [5, 5.41) is 0. The Hall–Kier alpha value is -1.51. The second kappa shape index (κ2) is 7.37. The Kier molecular flexibility index (Phi) is 5.72. The molecule has 23 heavy (non-hydrogen) atoms. The minimum atomic E-state index is -3.73. The molecule has 2 rings (SSSR count). The first-order chi connectivity index (χ1) is 10.9. The molecular weight excluding hydrogens is 323 g/mol. The number of carbonyl (C=O) groups excluding carboxylic acids is 1. The molecule has 0 bridgehead atoms. The van der Waals surface area contributed by atoms with Gasteiger partial charge in [-0.1, -0.05) is 13.8 Å². The van der Waals surface area contributed by atoms with E-state index in [-0.39, 0.29) is 10.5 Å². The van der Waals surface area contributed by atoms with Crippen LogP contribution in [0.5, 0.6) is 0 Å². The summed E-state index contributed by atoms with van der Waals surface area (Å²) >= 11 is 0. The van der Waals surface area contributed by atoms with Crippen LogP contribution in [0.25, 0.3) is 0 Å². The Labute approximate surface area is 135 Å². The molecule has 0 spiro atoms. The molecule has 0 aromatic heterocycles. The molecule has 0 radical (unpaired) electrons. The minimum Gasteiger partial charge on any atom is -0.378 e. The number of ether oxygens (including phenoxy) is 1. The van der Waals surface area contributed by atoms with E-state index >= 15 is 0 Å². The van der Waals surface area contributed by atoms with Crippen molar-refractivity contribution in [2.24, 2.45) is 0 Å². The maximum atomic E-state index is 14.0.